The number of nitrogens with zero attached hydrogens (tertiary/aromatic N) is 2. The molecule has 0 saturated carbocycles. The summed E-state index contributed by atoms with van der Waals surface area (Å²) in [5, 5.41) is 0. The van der Waals surface area contributed by atoms with Crippen LogP contribution in [0.2, 0.25) is 0 Å². The van der Waals surface area contributed by atoms with Crippen molar-refractivity contribution in [2.45, 2.75) is 32.2 Å². The lowest BCUT2D eigenvalue weighted by molar-refractivity contribution is 0.198. The van der Waals surface area contributed by atoms with Crippen molar-refractivity contribution in [1.29, 1.82) is 0 Å². The molecule has 1 aromatic heterocycles. The van der Waals surface area contributed by atoms with E-state index in [0.29, 0.717) is 5.92 Å². The third-order valence-corrected chi connectivity index (χ3v) is 4.08. The van der Waals surface area contributed by atoms with Crippen molar-refractivity contribution in [3.8, 4) is 0 Å². The second kappa shape index (κ2) is 5.57. The maximum absolute atomic E-state index is 4.41. The van der Waals surface area contributed by atoms with E-state index < -0.39 is 0 Å². The van der Waals surface area contributed by atoms with E-state index in [1.54, 1.807) is 6.33 Å². The Morgan fingerprint density at radius 1 is 1.32 bits per heavy atom. The maximum atomic E-state index is 4.41. The first-order valence-corrected chi connectivity index (χ1v) is 7.09. The number of aromatic amines is 1. The average molecular weight is 255 g/mol. The number of imidazole rings is 1. The van der Waals surface area contributed by atoms with E-state index in [4.69, 9.17) is 0 Å². The molecule has 1 aromatic carbocycles. The van der Waals surface area contributed by atoms with Crippen LogP contribution in [0.1, 0.15) is 35.7 Å². The number of benzene rings is 1. The monoisotopic (exact) mass is 255 g/mol. The summed E-state index contributed by atoms with van der Waals surface area (Å²) in [6.07, 6.45) is 4.38. The number of rotatable bonds is 3. The fourth-order valence-electron chi connectivity index (χ4n) is 2.95. The fraction of sp³-hybridized carbons (Fsp3) is 0.438. The molecule has 3 rings (SSSR count). The molecule has 1 N–H and O–H groups in total. The Morgan fingerprint density at radius 3 is 2.89 bits per heavy atom. The Hall–Kier alpha value is -1.61. The van der Waals surface area contributed by atoms with Crippen molar-refractivity contribution in [2.75, 3.05) is 13.1 Å². The zero-order chi connectivity index (χ0) is 13.1. The lowest BCUT2D eigenvalue weighted by Crippen LogP contribution is -2.34. The zero-order valence-corrected chi connectivity index (χ0v) is 11.5. The summed E-state index contributed by atoms with van der Waals surface area (Å²) < 4.78 is 0. The topological polar surface area (TPSA) is 31.9 Å². The van der Waals surface area contributed by atoms with Gasteiger partial charge in [-0.1, -0.05) is 30.3 Å². The van der Waals surface area contributed by atoms with Gasteiger partial charge in [-0.05, 0) is 37.8 Å². The molecule has 1 aliphatic rings. The van der Waals surface area contributed by atoms with Crippen LogP contribution in [0.25, 0.3) is 0 Å². The van der Waals surface area contributed by atoms with Crippen molar-refractivity contribution >= 4 is 0 Å². The predicted molar refractivity (Wildman–Crippen MR) is 77.0 cm³/mol. The number of aromatic nitrogens is 2. The van der Waals surface area contributed by atoms with Crippen molar-refractivity contribution in [2.24, 2.45) is 0 Å². The normalized spacial score (nSPS) is 20.6. The molecule has 1 saturated heterocycles. The summed E-state index contributed by atoms with van der Waals surface area (Å²) in [4.78, 5) is 10.1. The minimum atomic E-state index is 0.675. The summed E-state index contributed by atoms with van der Waals surface area (Å²) in [5.74, 6) is 0.675. The summed E-state index contributed by atoms with van der Waals surface area (Å²) in [7, 11) is 0. The molecule has 1 fully saturated rings. The number of hydrogen-bond acceptors (Lipinski definition) is 2. The molecule has 3 nitrogen and oxygen atoms in total. The third-order valence-electron chi connectivity index (χ3n) is 4.08. The smallest absolute Gasteiger partial charge is 0.0925 e. The van der Waals surface area contributed by atoms with Gasteiger partial charge in [0.15, 0.2) is 0 Å². The molecule has 1 atom stereocenters. The summed E-state index contributed by atoms with van der Waals surface area (Å²) in [6.45, 7) is 5.41. The van der Waals surface area contributed by atoms with E-state index in [2.05, 4.69) is 52.1 Å². The van der Waals surface area contributed by atoms with Crippen LogP contribution in [0.3, 0.4) is 0 Å². The minimum Gasteiger partial charge on any atom is -0.348 e. The molecule has 0 aliphatic carbocycles. The van der Waals surface area contributed by atoms with Crippen molar-refractivity contribution in [3.05, 3.63) is 53.6 Å². The number of nitrogens with one attached hydrogen (secondary N) is 1. The largest absolute Gasteiger partial charge is 0.348 e. The molecular formula is C16H21N3. The highest BCUT2D eigenvalue weighted by molar-refractivity contribution is 5.20. The second-order valence-corrected chi connectivity index (χ2v) is 5.46. The van der Waals surface area contributed by atoms with Gasteiger partial charge < -0.3 is 4.98 Å². The highest BCUT2D eigenvalue weighted by Crippen LogP contribution is 2.27. The predicted octanol–water partition coefficient (Wildman–Crippen LogP) is 3.10. The molecule has 1 unspecified atom stereocenters. The minimum absolute atomic E-state index is 0.675. The number of H-pyrrole nitrogens is 1. The van der Waals surface area contributed by atoms with Crippen LogP contribution in [-0.2, 0) is 6.54 Å². The Labute approximate surface area is 114 Å². The van der Waals surface area contributed by atoms with Crippen LogP contribution < -0.4 is 0 Å². The van der Waals surface area contributed by atoms with Crippen molar-refractivity contribution in [3.63, 3.8) is 0 Å². The molecule has 2 aromatic rings. The van der Waals surface area contributed by atoms with E-state index >= 15 is 0 Å². The van der Waals surface area contributed by atoms with Gasteiger partial charge in [0.25, 0.3) is 0 Å². The molecule has 3 heteroatoms. The Kier molecular flexibility index (Phi) is 3.65. The first-order valence-electron chi connectivity index (χ1n) is 7.09. The van der Waals surface area contributed by atoms with Crippen LogP contribution >= 0.6 is 0 Å². The Bertz CT molecular complexity index is 518. The molecule has 0 radical (unpaired) electrons. The first kappa shape index (κ1) is 12.4. The standard InChI is InChI=1S/C16H21N3/c1-13-16(18-12-17-13)11-19-9-5-8-15(10-19)14-6-3-2-4-7-14/h2-4,6-7,12,15H,5,8-11H2,1H3,(H,17,18). The molecule has 100 valence electrons. The highest BCUT2D eigenvalue weighted by atomic mass is 15.1. The summed E-state index contributed by atoms with van der Waals surface area (Å²) in [5.41, 5.74) is 3.86. The quantitative estimate of drug-likeness (QED) is 0.914. The summed E-state index contributed by atoms with van der Waals surface area (Å²) in [6, 6.07) is 10.9. The van der Waals surface area contributed by atoms with E-state index in [-0.39, 0.29) is 0 Å². The lowest BCUT2D eigenvalue weighted by Gasteiger charge is -2.32. The van der Waals surface area contributed by atoms with Gasteiger partial charge in [0.05, 0.1) is 12.0 Å². The molecule has 0 amide bonds. The molecule has 0 bridgehead atoms. The van der Waals surface area contributed by atoms with Crippen LogP contribution in [0.5, 0.6) is 0 Å². The molecule has 2 heterocycles. The third kappa shape index (κ3) is 2.87. The van der Waals surface area contributed by atoms with Crippen molar-refractivity contribution < 1.29 is 0 Å². The van der Waals surface area contributed by atoms with Crippen LogP contribution in [0.4, 0.5) is 0 Å². The maximum Gasteiger partial charge on any atom is 0.0925 e. The molecule has 1 aliphatic heterocycles. The second-order valence-electron chi connectivity index (χ2n) is 5.46. The van der Waals surface area contributed by atoms with E-state index in [1.165, 1.54) is 36.3 Å². The molecule has 0 spiro atoms. The SMILES string of the molecule is Cc1[nH]cnc1CN1CCCC(c2ccccc2)C1. The van der Waals surface area contributed by atoms with E-state index in [1.807, 2.05) is 0 Å². The molecular weight excluding hydrogens is 234 g/mol. The van der Waals surface area contributed by atoms with Gasteiger partial charge in [0.2, 0.25) is 0 Å². The van der Waals surface area contributed by atoms with Crippen molar-refractivity contribution in [1.82, 2.24) is 14.9 Å². The average Bonchev–Trinajstić information content (AvgIpc) is 2.86. The number of aryl methyl sites for hydroxylation is 1. The van der Waals surface area contributed by atoms with Crippen LogP contribution in [0.15, 0.2) is 36.7 Å². The van der Waals surface area contributed by atoms with Gasteiger partial charge in [-0.2, -0.15) is 0 Å². The fourth-order valence-corrected chi connectivity index (χ4v) is 2.95. The number of hydrogen-bond donors (Lipinski definition) is 1. The van der Waals surface area contributed by atoms with Gasteiger partial charge in [-0.3, -0.25) is 4.90 Å². The molecule has 19 heavy (non-hydrogen) atoms. The zero-order valence-electron chi connectivity index (χ0n) is 11.5. The van der Waals surface area contributed by atoms with Gasteiger partial charge >= 0.3 is 0 Å². The van der Waals surface area contributed by atoms with Gasteiger partial charge in [-0.25, -0.2) is 4.98 Å². The van der Waals surface area contributed by atoms with Gasteiger partial charge in [0.1, 0.15) is 0 Å². The van der Waals surface area contributed by atoms with E-state index in [9.17, 15) is 0 Å². The van der Waals surface area contributed by atoms with Gasteiger partial charge in [0, 0.05) is 18.8 Å². The van der Waals surface area contributed by atoms with Gasteiger partial charge in [-0.15, -0.1) is 0 Å². The lowest BCUT2D eigenvalue weighted by atomic mass is 9.90. The van der Waals surface area contributed by atoms with Crippen LogP contribution in [0, 0.1) is 6.92 Å². The number of likely N-dealkylation sites (tertiary alicyclic amines) is 1. The first-order chi connectivity index (χ1) is 9.33. The number of piperidine rings is 1. The Balaban J connectivity index is 1.67. The van der Waals surface area contributed by atoms with Crippen LogP contribution in [-0.4, -0.2) is 28.0 Å². The van der Waals surface area contributed by atoms with E-state index in [0.717, 1.165) is 13.1 Å². The summed E-state index contributed by atoms with van der Waals surface area (Å²) >= 11 is 0. The Morgan fingerprint density at radius 2 is 2.16 bits per heavy atom. The highest BCUT2D eigenvalue weighted by Gasteiger charge is 2.21.